The van der Waals surface area contributed by atoms with E-state index < -0.39 is 0 Å². The van der Waals surface area contributed by atoms with Crippen LogP contribution in [0.3, 0.4) is 0 Å². The molecule has 150 valence electrons. The molecule has 4 saturated carbocycles. The largest absolute Gasteiger partial charge is 0.366 e. The van der Waals surface area contributed by atoms with E-state index in [2.05, 4.69) is 43.0 Å². The first-order valence-electron chi connectivity index (χ1n) is 11.7. The molecule has 28 heavy (non-hydrogen) atoms. The Morgan fingerprint density at radius 1 is 1.32 bits per heavy atom. The maximum absolute atomic E-state index is 11.2. The lowest BCUT2D eigenvalue weighted by Crippen LogP contribution is -2.57. The lowest BCUT2D eigenvalue weighted by molar-refractivity contribution is -0.144. The molecule has 1 spiro atoms. The van der Waals surface area contributed by atoms with Crippen LogP contribution in [0, 0.1) is 51.7 Å². The molecule has 0 aromatic carbocycles. The summed E-state index contributed by atoms with van der Waals surface area (Å²) in [5, 5.41) is 3.40. The van der Waals surface area contributed by atoms with Gasteiger partial charge in [0.05, 0.1) is 18.2 Å². The first-order chi connectivity index (χ1) is 13.7. The van der Waals surface area contributed by atoms with Crippen molar-refractivity contribution in [3.8, 4) is 0 Å². The van der Waals surface area contributed by atoms with Crippen molar-refractivity contribution in [3.63, 3.8) is 0 Å². The number of allylic oxidation sites excluding steroid dienone is 2. The average molecular weight is 380 g/mol. The molecule has 0 bridgehead atoms. The topological polar surface area (TPSA) is 38.7 Å². The van der Waals surface area contributed by atoms with Gasteiger partial charge in [0.2, 0.25) is 0 Å². The highest BCUT2D eigenvalue weighted by Crippen LogP contribution is 2.78. The number of hydrogen-bond acceptors (Lipinski definition) is 3. The summed E-state index contributed by atoms with van der Waals surface area (Å²) >= 11 is 0. The number of fused-ring (bicyclic) bond motifs is 9. The second kappa shape index (κ2) is 5.90. The fourth-order valence-electron chi connectivity index (χ4n) is 9.16. The molecule has 6 rings (SSSR count). The number of nitrogens with zero attached hydrogens (tertiary/aromatic N) is 1. The second-order valence-electron chi connectivity index (χ2n) is 10.5. The van der Waals surface area contributed by atoms with Crippen molar-refractivity contribution in [2.75, 3.05) is 6.61 Å². The van der Waals surface area contributed by atoms with Crippen LogP contribution in [0.15, 0.2) is 41.6 Å². The Labute approximate surface area is 168 Å². The zero-order valence-electron chi connectivity index (χ0n) is 17.1. The molecule has 1 aliphatic heterocycles. The third-order valence-electron chi connectivity index (χ3n) is 10.1. The fourth-order valence-corrected chi connectivity index (χ4v) is 9.16. The fraction of sp³-hybridized carbons (Fsp3) is 0.760. The zero-order chi connectivity index (χ0) is 19.1. The molecule has 7 unspecified atom stereocenters. The van der Waals surface area contributed by atoms with Gasteiger partial charge in [0.1, 0.15) is 0 Å². The first kappa shape index (κ1) is 17.6. The van der Waals surface area contributed by atoms with Crippen LogP contribution < -0.4 is 0 Å². The Hall–Kier alpha value is -1.22. The number of ether oxygens (including phenoxy) is 1. The Bertz CT molecular complexity index is 771. The van der Waals surface area contributed by atoms with Crippen molar-refractivity contribution >= 4 is 0 Å². The van der Waals surface area contributed by atoms with Gasteiger partial charge in [0.15, 0.2) is 0 Å². The van der Waals surface area contributed by atoms with Gasteiger partial charge in [-0.3, -0.25) is 0 Å². The Morgan fingerprint density at radius 3 is 2.93 bits per heavy atom. The Morgan fingerprint density at radius 2 is 2.21 bits per heavy atom. The molecule has 0 saturated heterocycles. The van der Waals surface area contributed by atoms with Gasteiger partial charge in [-0.05, 0) is 86.4 Å². The SMILES string of the molecule is C=CC1C=C2CC(N=O)CC[C@@H]2C2CC[C@@]3(CC)C(C4CC4[C@@]34C=CCO4)C12. The molecule has 1 heterocycles. The molecule has 0 amide bonds. The number of rotatable bonds is 3. The summed E-state index contributed by atoms with van der Waals surface area (Å²) < 4.78 is 6.60. The molecule has 10 atom stereocenters. The number of hydrogen-bond donors (Lipinski definition) is 0. The van der Waals surface area contributed by atoms with Gasteiger partial charge in [-0.2, -0.15) is 4.91 Å². The van der Waals surface area contributed by atoms with Gasteiger partial charge in [-0.15, -0.1) is 6.58 Å². The highest BCUT2D eigenvalue weighted by atomic mass is 16.5. The summed E-state index contributed by atoms with van der Waals surface area (Å²) in [5.41, 5.74) is 1.88. The van der Waals surface area contributed by atoms with Crippen LogP contribution in [0.1, 0.15) is 51.9 Å². The van der Waals surface area contributed by atoms with Crippen LogP contribution in [0.25, 0.3) is 0 Å². The normalized spacial score (nSPS) is 55.7. The highest BCUT2D eigenvalue weighted by Gasteiger charge is 2.77. The summed E-state index contributed by atoms with van der Waals surface area (Å²) in [6.45, 7) is 7.50. The van der Waals surface area contributed by atoms with Crippen molar-refractivity contribution in [2.24, 2.45) is 52.0 Å². The maximum atomic E-state index is 11.2. The first-order valence-corrected chi connectivity index (χ1v) is 11.7. The monoisotopic (exact) mass is 379 g/mol. The van der Waals surface area contributed by atoms with Crippen LogP contribution in [-0.2, 0) is 4.74 Å². The molecular formula is C25H33NO2. The van der Waals surface area contributed by atoms with Crippen molar-refractivity contribution in [3.05, 3.63) is 41.4 Å². The minimum Gasteiger partial charge on any atom is -0.366 e. The lowest BCUT2D eigenvalue weighted by Gasteiger charge is -2.59. The molecule has 0 aromatic heterocycles. The van der Waals surface area contributed by atoms with E-state index in [1.54, 1.807) is 0 Å². The Balaban J connectivity index is 1.43. The summed E-state index contributed by atoms with van der Waals surface area (Å²) in [6, 6.07) is 0.00225. The molecule has 6 aliphatic rings. The van der Waals surface area contributed by atoms with E-state index >= 15 is 0 Å². The predicted molar refractivity (Wildman–Crippen MR) is 111 cm³/mol. The molecular weight excluding hydrogens is 346 g/mol. The molecule has 0 radical (unpaired) electrons. The third kappa shape index (κ3) is 1.95. The summed E-state index contributed by atoms with van der Waals surface area (Å²) in [5.74, 6) is 4.99. The molecule has 0 aromatic rings. The van der Waals surface area contributed by atoms with Crippen molar-refractivity contribution < 1.29 is 4.74 Å². The van der Waals surface area contributed by atoms with Crippen molar-refractivity contribution in [1.29, 1.82) is 0 Å². The van der Waals surface area contributed by atoms with Crippen LogP contribution in [0.5, 0.6) is 0 Å². The summed E-state index contributed by atoms with van der Waals surface area (Å²) in [4.78, 5) is 11.2. The third-order valence-corrected chi connectivity index (χ3v) is 10.1. The summed E-state index contributed by atoms with van der Waals surface area (Å²) in [6.07, 6.45) is 17.8. The highest BCUT2D eigenvalue weighted by molar-refractivity contribution is 5.35. The zero-order valence-corrected chi connectivity index (χ0v) is 17.1. The Kier molecular flexibility index (Phi) is 3.72. The van der Waals surface area contributed by atoms with Crippen LogP contribution in [0.2, 0.25) is 0 Å². The van der Waals surface area contributed by atoms with Gasteiger partial charge in [-0.25, -0.2) is 0 Å². The minimum atomic E-state index is 0.00225. The standard InChI is InChI=1S/C25H33NO2/c1-3-15-12-16-13-17(26-27)6-7-18(16)19-8-10-24(4-2)23(22(15)19)20-14-21(20)25(24)9-5-11-28-25/h3,5,9,12,15,17-23H,1,4,6-8,10-11,13-14H2,2H3/t15?,17?,18-,19?,20?,21?,22?,23?,24-,25-/m0/s1. The van der Waals surface area contributed by atoms with Crippen LogP contribution >= 0.6 is 0 Å². The van der Waals surface area contributed by atoms with Crippen LogP contribution in [0.4, 0.5) is 0 Å². The van der Waals surface area contributed by atoms with Gasteiger partial charge >= 0.3 is 0 Å². The molecule has 0 N–H and O–H groups in total. The van der Waals surface area contributed by atoms with E-state index in [-0.39, 0.29) is 11.6 Å². The average Bonchev–Trinajstić information content (AvgIpc) is 3.31. The summed E-state index contributed by atoms with van der Waals surface area (Å²) in [7, 11) is 0. The minimum absolute atomic E-state index is 0.00225. The second-order valence-corrected chi connectivity index (χ2v) is 10.5. The number of nitroso groups, excluding NO2 is 1. The van der Waals surface area contributed by atoms with E-state index in [1.807, 2.05) is 0 Å². The van der Waals surface area contributed by atoms with Crippen molar-refractivity contribution in [2.45, 2.75) is 63.5 Å². The van der Waals surface area contributed by atoms with E-state index in [1.165, 1.54) is 31.3 Å². The van der Waals surface area contributed by atoms with Gasteiger partial charge < -0.3 is 4.74 Å². The molecule has 5 aliphatic carbocycles. The van der Waals surface area contributed by atoms with Gasteiger partial charge in [-0.1, -0.05) is 42.0 Å². The molecule has 3 nitrogen and oxygen atoms in total. The van der Waals surface area contributed by atoms with E-state index in [4.69, 9.17) is 4.74 Å². The van der Waals surface area contributed by atoms with E-state index in [0.717, 1.165) is 49.5 Å². The smallest absolute Gasteiger partial charge is 0.0957 e. The van der Waals surface area contributed by atoms with Crippen LogP contribution in [-0.4, -0.2) is 18.2 Å². The van der Waals surface area contributed by atoms with Crippen molar-refractivity contribution in [1.82, 2.24) is 0 Å². The maximum Gasteiger partial charge on any atom is 0.0957 e. The lowest BCUT2D eigenvalue weighted by atomic mass is 9.46. The predicted octanol–water partition coefficient (Wildman–Crippen LogP) is 5.68. The molecule has 3 heteroatoms. The van der Waals surface area contributed by atoms with E-state index in [9.17, 15) is 4.91 Å². The van der Waals surface area contributed by atoms with Gasteiger partial charge in [0, 0.05) is 5.41 Å². The quantitative estimate of drug-likeness (QED) is 0.467. The van der Waals surface area contributed by atoms with E-state index in [0.29, 0.717) is 23.2 Å². The van der Waals surface area contributed by atoms with Gasteiger partial charge in [0.25, 0.3) is 0 Å². The molecule has 4 fully saturated rings.